The first-order chi connectivity index (χ1) is 8.78. The highest BCUT2D eigenvalue weighted by molar-refractivity contribution is 9.10. The predicted octanol–water partition coefficient (Wildman–Crippen LogP) is 3.88. The molecule has 0 saturated carbocycles. The van der Waals surface area contributed by atoms with Crippen LogP contribution in [0.5, 0.6) is 0 Å². The van der Waals surface area contributed by atoms with Gasteiger partial charge in [0.05, 0.1) is 5.69 Å². The molecule has 4 nitrogen and oxygen atoms in total. The van der Waals surface area contributed by atoms with Crippen molar-refractivity contribution in [3.63, 3.8) is 0 Å². The lowest BCUT2D eigenvalue weighted by atomic mass is 10.2. The summed E-state index contributed by atoms with van der Waals surface area (Å²) in [5.74, 6) is 0. The molecule has 3 aromatic heterocycles. The number of aromatic amines is 1. The maximum atomic E-state index is 4.57. The average molecular weight is 323 g/mol. The third-order valence-corrected chi connectivity index (χ3v) is 3.84. The number of hydrogen-bond donors (Lipinski definition) is 2. The van der Waals surface area contributed by atoms with Crippen LogP contribution in [0, 0.1) is 0 Å². The summed E-state index contributed by atoms with van der Waals surface area (Å²) < 4.78 is 0.970. The molecule has 0 saturated heterocycles. The Labute approximate surface area is 117 Å². The third kappa shape index (κ3) is 2.02. The van der Waals surface area contributed by atoms with Gasteiger partial charge in [0.15, 0.2) is 5.13 Å². The second-order valence-electron chi connectivity index (χ2n) is 3.82. The molecule has 0 aliphatic heterocycles. The molecular weight excluding hydrogens is 312 g/mol. The Morgan fingerprint density at radius 3 is 3.22 bits per heavy atom. The van der Waals surface area contributed by atoms with Crippen molar-refractivity contribution in [3.05, 3.63) is 28.3 Å². The van der Waals surface area contributed by atoms with E-state index in [1.54, 1.807) is 17.5 Å². The standard InChI is InChI=1S/C12H11BrN4S/c1-2-14-12-17-10(6-18-12)9-5-16-11-8(9)3-7(13)4-15-11/h3-6H,2H2,1H3,(H,14,17)(H,15,16). The number of aromatic nitrogens is 3. The van der Waals surface area contributed by atoms with E-state index in [1.165, 1.54) is 0 Å². The molecule has 0 bridgehead atoms. The highest BCUT2D eigenvalue weighted by Gasteiger charge is 2.10. The van der Waals surface area contributed by atoms with Gasteiger partial charge in [-0.1, -0.05) is 0 Å². The number of rotatable bonds is 3. The van der Waals surface area contributed by atoms with E-state index in [0.29, 0.717) is 0 Å². The highest BCUT2D eigenvalue weighted by Crippen LogP contribution is 2.31. The van der Waals surface area contributed by atoms with Gasteiger partial charge in [-0.15, -0.1) is 11.3 Å². The van der Waals surface area contributed by atoms with Crippen LogP contribution in [0.15, 0.2) is 28.3 Å². The summed E-state index contributed by atoms with van der Waals surface area (Å²) in [5, 5.41) is 7.31. The van der Waals surface area contributed by atoms with Crippen molar-refractivity contribution in [1.29, 1.82) is 0 Å². The fourth-order valence-corrected chi connectivity index (χ4v) is 2.93. The van der Waals surface area contributed by atoms with Crippen molar-refractivity contribution in [2.45, 2.75) is 6.92 Å². The lowest BCUT2D eigenvalue weighted by Crippen LogP contribution is -1.94. The number of pyridine rings is 1. The number of hydrogen-bond acceptors (Lipinski definition) is 4. The molecule has 3 rings (SSSR count). The Kier molecular flexibility index (Phi) is 3.05. The van der Waals surface area contributed by atoms with Gasteiger partial charge in [0.2, 0.25) is 0 Å². The van der Waals surface area contributed by atoms with Crippen molar-refractivity contribution < 1.29 is 0 Å². The average Bonchev–Trinajstić information content (AvgIpc) is 2.95. The summed E-state index contributed by atoms with van der Waals surface area (Å²) in [6.07, 6.45) is 3.74. The normalized spacial score (nSPS) is 11.0. The van der Waals surface area contributed by atoms with E-state index in [2.05, 4.69) is 54.6 Å². The maximum absolute atomic E-state index is 4.57. The molecule has 0 fully saturated rings. The van der Waals surface area contributed by atoms with Crippen molar-refractivity contribution in [2.75, 3.05) is 11.9 Å². The van der Waals surface area contributed by atoms with E-state index in [4.69, 9.17) is 0 Å². The number of nitrogens with zero attached hydrogens (tertiary/aromatic N) is 2. The van der Waals surface area contributed by atoms with E-state index < -0.39 is 0 Å². The fraction of sp³-hybridized carbons (Fsp3) is 0.167. The molecule has 0 atom stereocenters. The van der Waals surface area contributed by atoms with Crippen LogP contribution in [0.1, 0.15) is 6.92 Å². The van der Waals surface area contributed by atoms with Crippen LogP contribution in [0.2, 0.25) is 0 Å². The second kappa shape index (κ2) is 4.70. The van der Waals surface area contributed by atoms with Gasteiger partial charge in [0, 0.05) is 39.7 Å². The number of H-pyrrole nitrogens is 1. The van der Waals surface area contributed by atoms with E-state index in [0.717, 1.165) is 38.4 Å². The molecule has 3 heterocycles. The monoisotopic (exact) mass is 322 g/mol. The summed E-state index contributed by atoms with van der Waals surface area (Å²) in [6, 6.07) is 2.06. The first kappa shape index (κ1) is 11.7. The zero-order valence-electron chi connectivity index (χ0n) is 9.70. The third-order valence-electron chi connectivity index (χ3n) is 2.61. The smallest absolute Gasteiger partial charge is 0.183 e. The second-order valence-corrected chi connectivity index (χ2v) is 5.59. The van der Waals surface area contributed by atoms with Gasteiger partial charge in [-0.25, -0.2) is 9.97 Å². The summed E-state index contributed by atoms with van der Waals surface area (Å²) in [7, 11) is 0. The molecule has 0 amide bonds. The molecule has 0 aliphatic rings. The summed E-state index contributed by atoms with van der Waals surface area (Å²) >= 11 is 5.06. The van der Waals surface area contributed by atoms with E-state index in [-0.39, 0.29) is 0 Å². The van der Waals surface area contributed by atoms with Crippen molar-refractivity contribution in [1.82, 2.24) is 15.0 Å². The molecule has 3 aromatic rings. The van der Waals surface area contributed by atoms with E-state index >= 15 is 0 Å². The quantitative estimate of drug-likeness (QED) is 0.769. The number of fused-ring (bicyclic) bond motifs is 1. The van der Waals surface area contributed by atoms with Crippen LogP contribution in [-0.4, -0.2) is 21.5 Å². The number of nitrogens with one attached hydrogen (secondary N) is 2. The molecule has 0 aliphatic carbocycles. The molecule has 18 heavy (non-hydrogen) atoms. The number of halogens is 1. The van der Waals surface area contributed by atoms with Crippen LogP contribution in [0.25, 0.3) is 22.3 Å². The Morgan fingerprint density at radius 1 is 1.50 bits per heavy atom. The molecule has 2 N–H and O–H groups in total. The van der Waals surface area contributed by atoms with Crippen molar-refractivity contribution >= 4 is 43.4 Å². The minimum atomic E-state index is 0.881. The molecule has 0 spiro atoms. The largest absolute Gasteiger partial charge is 0.362 e. The van der Waals surface area contributed by atoms with Crippen molar-refractivity contribution in [2.24, 2.45) is 0 Å². The van der Waals surface area contributed by atoms with Crippen LogP contribution in [-0.2, 0) is 0 Å². The first-order valence-corrected chi connectivity index (χ1v) is 7.27. The molecule has 0 aromatic carbocycles. The van der Waals surface area contributed by atoms with Crippen LogP contribution < -0.4 is 5.32 Å². The SMILES string of the molecule is CCNc1nc(-c2c[nH]c3ncc(Br)cc23)cs1. The summed E-state index contributed by atoms with van der Waals surface area (Å²) in [6.45, 7) is 2.95. The zero-order valence-corrected chi connectivity index (χ0v) is 12.1. The molecule has 92 valence electrons. The first-order valence-electron chi connectivity index (χ1n) is 5.60. The van der Waals surface area contributed by atoms with Gasteiger partial charge in [0.25, 0.3) is 0 Å². The predicted molar refractivity (Wildman–Crippen MR) is 79.1 cm³/mol. The minimum Gasteiger partial charge on any atom is -0.362 e. The summed E-state index contributed by atoms with van der Waals surface area (Å²) in [4.78, 5) is 12.1. The highest BCUT2D eigenvalue weighted by atomic mass is 79.9. The Balaban J connectivity index is 2.09. The molecule has 0 radical (unpaired) electrons. The van der Waals surface area contributed by atoms with Crippen LogP contribution in [0.3, 0.4) is 0 Å². The summed E-state index contributed by atoms with van der Waals surface area (Å²) in [5.41, 5.74) is 2.94. The van der Waals surface area contributed by atoms with Crippen molar-refractivity contribution in [3.8, 4) is 11.3 Å². The van der Waals surface area contributed by atoms with E-state index in [9.17, 15) is 0 Å². The topological polar surface area (TPSA) is 53.6 Å². The lowest BCUT2D eigenvalue weighted by molar-refractivity contribution is 1.19. The molecule has 6 heteroatoms. The Morgan fingerprint density at radius 2 is 2.39 bits per heavy atom. The maximum Gasteiger partial charge on any atom is 0.183 e. The van der Waals surface area contributed by atoms with Gasteiger partial charge in [-0.2, -0.15) is 0 Å². The van der Waals surface area contributed by atoms with Gasteiger partial charge in [-0.3, -0.25) is 0 Å². The van der Waals surface area contributed by atoms with Gasteiger partial charge in [0.1, 0.15) is 5.65 Å². The van der Waals surface area contributed by atoms with Crippen LogP contribution in [0.4, 0.5) is 5.13 Å². The lowest BCUT2D eigenvalue weighted by Gasteiger charge is -1.96. The minimum absolute atomic E-state index is 0.881. The van der Waals surface area contributed by atoms with Crippen LogP contribution >= 0.6 is 27.3 Å². The zero-order chi connectivity index (χ0) is 12.5. The van der Waals surface area contributed by atoms with Gasteiger partial charge < -0.3 is 10.3 Å². The number of thiazole rings is 1. The molecule has 0 unspecified atom stereocenters. The fourth-order valence-electron chi connectivity index (χ4n) is 1.82. The van der Waals surface area contributed by atoms with Gasteiger partial charge >= 0.3 is 0 Å². The molecular formula is C12H11BrN4S. The van der Waals surface area contributed by atoms with E-state index in [1.807, 2.05) is 6.20 Å². The Bertz CT molecular complexity index is 688. The van der Waals surface area contributed by atoms with Gasteiger partial charge in [-0.05, 0) is 28.9 Å². The Hall–Kier alpha value is -1.40. The number of anilines is 1.